The first-order valence-electron chi connectivity index (χ1n) is 9.33. The minimum atomic E-state index is -0.500. The maximum absolute atomic E-state index is 12.5. The number of rotatable bonds is 7. The third-order valence-corrected chi connectivity index (χ3v) is 6.05. The molecular formula is C24H17Br3N2O3. The summed E-state index contributed by atoms with van der Waals surface area (Å²) in [6.45, 7) is 0.396. The Balaban J connectivity index is 1.74. The Kier molecular flexibility index (Phi) is 8.51. The molecule has 0 aliphatic heterocycles. The molecule has 0 radical (unpaired) electrons. The highest BCUT2D eigenvalue weighted by Crippen LogP contribution is 2.36. The molecule has 3 aromatic rings. The summed E-state index contributed by atoms with van der Waals surface area (Å²) in [7, 11) is 1.57. The van der Waals surface area contributed by atoms with E-state index in [0.717, 1.165) is 10.0 Å². The molecule has 1 amide bonds. The standard InChI is InChI=1S/C24H17Br3N2O3/c1-31-20-8-6-19(7-9-20)29-24(30)17(13-28)10-16-11-21(26)23(22(27)12-16)32-14-15-2-4-18(25)5-3-15/h2-12H,14H2,1H3,(H,29,30)/b17-10-. The molecule has 1 N–H and O–H groups in total. The molecule has 0 heterocycles. The van der Waals surface area contributed by atoms with Crippen molar-refractivity contribution in [3.63, 3.8) is 0 Å². The highest BCUT2D eigenvalue weighted by atomic mass is 79.9. The fourth-order valence-corrected chi connectivity index (χ4v) is 4.44. The Hall–Kier alpha value is -2.60. The van der Waals surface area contributed by atoms with Gasteiger partial charge in [0.2, 0.25) is 0 Å². The van der Waals surface area contributed by atoms with Gasteiger partial charge in [-0.15, -0.1) is 0 Å². The van der Waals surface area contributed by atoms with E-state index in [1.807, 2.05) is 30.3 Å². The summed E-state index contributed by atoms with van der Waals surface area (Å²) in [6.07, 6.45) is 1.52. The van der Waals surface area contributed by atoms with Crippen LogP contribution in [0.1, 0.15) is 11.1 Å². The van der Waals surface area contributed by atoms with Gasteiger partial charge in [0.05, 0.1) is 16.1 Å². The number of ether oxygens (including phenoxy) is 2. The van der Waals surface area contributed by atoms with Crippen LogP contribution in [0.4, 0.5) is 5.69 Å². The summed E-state index contributed by atoms with van der Waals surface area (Å²) in [5, 5.41) is 12.2. The number of benzene rings is 3. The highest BCUT2D eigenvalue weighted by molar-refractivity contribution is 9.11. The molecule has 3 aromatic carbocycles. The smallest absolute Gasteiger partial charge is 0.266 e. The second kappa shape index (κ2) is 11.3. The van der Waals surface area contributed by atoms with E-state index in [1.165, 1.54) is 6.08 Å². The third-order valence-electron chi connectivity index (χ3n) is 4.34. The minimum absolute atomic E-state index is 0.0249. The zero-order valence-corrected chi connectivity index (χ0v) is 21.6. The van der Waals surface area contributed by atoms with Gasteiger partial charge in [-0.3, -0.25) is 4.79 Å². The fourth-order valence-electron chi connectivity index (χ4n) is 2.72. The van der Waals surface area contributed by atoms with E-state index in [2.05, 4.69) is 53.1 Å². The lowest BCUT2D eigenvalue weighted by atomic mass is 10.1. The van der Waals surface area contributed by atoms with E-state index in [1.54, 1.807) is 43.5 Å². The first-order chi connectivity index (χ1) is 15.4. The molecule has 0 fully saturated rings. The first-order valence-corrected chi connectivity index (χ1v) is 11.7. The number of amides is 1. The average Bonchev–Trinajstić information content (AvgIpc) is 2.78. The van der Waals surface area contributed by atoms with E-state index in [9.17, 15) is 10.1 Å². The Morgan fingerprint density at radius 1 is 1.03 bits per heavy atom. The van der Waals surface area contributed by atoms with Crippen molar-refractivity contribution < 1.29 is 14.3 Å². The van der Waals surface area contributed by atoms with Crippen LogP contribution < -0.4 is 14.8 Å². The summed E-state index contributed by atoms with van der Waals surface area (Å²) >= 11 is 10.4. The lowest BCUT2D eigenvalue weighted by Gasteiger charge is -2.12. The van der Waals surface area contributed by atoms with Crippen molar-refractivity contribution in [1.29, 1.82) is 5.26 Å². The Labute approximate surface area is 211 Å². The van der Waals surface area contributed by atoms with Gasteiger partial charge in [-0.2, -0.15) is 5.26 Å². The van der Waals surface area contributed by atoms with Gasteiger partial charge in [0.25, 0.3) is 5.91 Å². The number of carbonyl (C=O) groups is 1. The second-order valence-electron chi connectivity index (χ2n) is 6.58. The molecule has 0 unspecified atom stereocenters. The van der Waals surface area contributed by atoms with Gasteiger partial charge >= 0.3 is 0 Å². The molecule has 0 aromatic heterocycles. The normalized spacial score (nSPS) is 10.9. The summed E-state index contributed by atoms with van der Waals surface area (Å²) in [5.41, 5.74) is 2.23. The number of nitriles is 1. The molecule has 0 aliphatic carbocycles. The van der Waals surface area contributed by atoms with E-state index >= 15 is 0 Å². The van der Waals surface area contributed by atoms with Gasteiger partial charge in [-0.05, 0) is 97.6 Å². The van der Waals surface area contributed by atoms with Crippen molar-refractivity contribution in [2.24, 2.45) is 0 Å². The number of nitrogens with one attached hydrogen (secondary N) is 1. The van der Waals surface area contributed by atoms with E-state index in [4.69, 9.17) is 9.47 Å². The number of carbonyl (C=O) groups excluding carboxylic acids is 1. The predicted octanol–water partition coefficient (Wildman–Crippen LogP) is 7.11. The van der Waals surface area contributed by atoms with Crippen LogP contribution in [0.15, 0.2) is 79.7 Å². The third kappa shape index (κ3) is 6.45. The highest BCUT2D eigenvalue weighted by Gasteiger charge is 2.13. The number of anilines is 1. The van der Waals surface area contributed by atoms with Gasteiger partial charge in [-0.25, -0.2) is 0 Å². The zero-order valence-electron chi connectivity index (χ0n) is 16.9. The largest absolute Gasteiger partial charge is 0.497 e. The van der Waals surface area contributed by atoms with Gasteiger partial charge in [0.1, 0.15) is 29.7 Å². The zero-order chi connectivity index (χ0) is 23.1. The number of halogens is 3. The summed E-state index contributed by atoms with van der Waals surface area (Å²) in [4.78, 5) is 12.5. The van der Waals surface area contributed by atoms with Crippen molar-refractivity contribution >= 4 is 65.5 Å². The van der Waals surface area contributed by atoms with E-state index < -0.39 is 5.91 Å². The lowest BCUT2D eigenvalue weighted by Crippen LogP contribution is -2.13. The van der Waals surface area contributed by atoms with Gasteiger partial charge in [-0.1, -0.05) is 28.1 Å². The summed E-state index contributed by atoms with van der Waals surface area (Å²) in [5.74, 6) is 0.808. The quantitative estimate of drug-likeness (QED) is 0.226. The number of nitrogens with zero attached hydrogens (tertiary/aromatic N) is 1. The van der Waals surface area contributed by atoms with Gasteiger partial charge in [0.15, 0.2) is 0 Å². The number of methoxy groups -OCH3 is 1. The van der Waals surface area contributed by atoms with Crippen LogP contribution in [0.2, 0.25) is 0 Å². The summed E-state index contributed by atoms with van der Waals surface area (Å²) in [6, 6.07) is 20.3. The minimum Gasteiger partial charge on any atom is -0.497 e. The predicted molar refractivity (Wildman–Crippen MR) is 136 cm³/mol. The Morgan fingerprint density at radius 3 is 2.22 bits per heavy atom. The lowest BCUT2D eigenvalue weighted by molar-refractivity contribution is -0.112. The molecule has 32 heavy (non-hydrogen) atoms. The van der Waals surface area contributed by atoms with Crippen LogP contribution in [0.5, 0.6) is 11.5 Å². The SMILES string of the molecule is COc1ccc(NC(=O)/C(C#N)=C\c2cc(Br)c(OCc3ccc(Br)cc3)c(Br)c2)cc1. The molecular weight excluding hydrogens is 604 g/mol. The second-order valence-corrected chi connectivity index (χ2v) is 9.21. The maximum atomic E-state index is 12.5. The Bertz CT molecular complexity index is 1160. The van der Waals surface area contributed by atoms with Crippen LogP contribution in [0.25, 0.3) is 6.08 Å². The van der Waals surface area contributed by atoms with Crippen molar-refractivity contribution in [2.75, 3.05) is 12.4 Å². The molecule has 5 nitrogen and oxygen atoms in total. The molecule has 8 heteroatoms. The maximum Gasteiger partial charge on any atom is 0.266 e. The number of hydrogen-bond acceptors (Lipinski definition) is 4. The molecule has 3 rings (SSSR count). The van der Waals surface area contributed by atoms with Crippen LogP contribution >= 0.6 is 47.8 Å². The van der Waals surface area contributed by atoms with Crippen LogP contribution in [-0.4, -0.2) is 13.0 Å². The van der Waals surface area contributed by atoms with E-state index in [0.29, 0.717) is 38.3 Å². The van der Waals surface area contributed by atoms with Crippen LogP contribution in [0, 0.1) is 11.3 Å². The van der Waals surface area contributed by atoms with Crippen molar-refractivity contribution in [2.45, 2.75) is 6.61 Å². The molecule has 0 saturated heterocycles. The van der Waals surface area contributed by atoms with Crippen molar-refractivity contribution in [1.82, 2.24) is 0 Å². The van der Waals surface area contributed by atoms with E-state index in [-0.39, 0.29) is 5.57 Å². The summed E-state index contributed by atoms with van der Waals surface area (Å²) < 4.78 is 13.4. The monoisotopic (exact) mass is 618 g/mol. The van der Waals surface area contributed by atoms with Crippen molar-refractivity contribution in [3.8, 4) is 17.6 Å². The fraction of sp³-hybridized carbons (Fsp3) is 0.0833. The average molecular weight is 621 g/mol. The van der Waals surface area contributed by atoms with Gasteiger partial charge in [0, 0.05) is 10.2 Å². The molecule has 0 bridgehead atoms. The number of hydrogen-bond donors (Lipinski definition) is 1. The van der Waals surface area contributed by atoms with Crippen LogP contribution in [-0.2, 0) is 11.4 Å². The van der Waals surface area contributed by atoms with Crippen LogP contribution in [0.3, 0.4) is 0 Å². The topological polar surface area (TPSA) is 71.3 Å². The van der Waals surface area contributed by atoms with Gasteiger partial charge < -0.3 is 14.8 Å². The van der Waals surface area contributed by atoms with Crippen molar-refractivity contribution in [3.05, 3.63) is 90.8 Å². The molecule has 0 spiro atoms. The molecule has 0 saturated carbocycles. The Morgan fingerprint density at radius 2 is 1.66 bits per heavy atom. The first kappa shape index (κ1) is 24.1. The molecule has 0 atom stereocenters. The molecule has 162 valence electrons. The molecule has 0 aliphatic rings.